The Labute approximate surface area is 165 Å². The average molecular weight is 401 g/mol. The van der Waals surface area contributed by atoms with Gasteiger partial charge in [0, 0.05) is 27.8 Å². The molecule has 0 amide bonds. The van der Waals surface area contributed by atoms with Crippen LogP contribution in [0.2, 0.25) is 10.0 Å². The van der Waals surface area contributed by atoms with E-state index in [0.717, 1.165) is 5.76 Å². The molecule has 6 heteroatoms. The van der Waals surface area contributed by atoms with Crippen molar-refractivity contribution < 1.29 is 18.7 Å². The van der Waals surface area contributed by atoms with Gasteiger partial charge in [-0.1, -0.05) is 29.3 Å². The Hall–Kier alpha value is -2.69. The Morgan fingerprint density at radius 3 is 2.56 bits per heavy atom. The fraction of sp³-hybridized carbons (Fsp3) is 0.0952. The van der Waals surface area contributed by atoms with Crippen molar-refractivity contribution in [3.8, 4) is 11.5 Å². The smallest absolute Gasteiger partial charge is 0.232 e. The van der Waals surface area contributed by atoms with Crippen molar-refractivity contribution in [1.29, 1.82) is 0 Å². The van der Waals surface area contributed by atoms with Crippen LogP contribution in [0.4, 0.5) is 0 Å². The van der Waals surface area contributed by atoms with Crippen molar-refractivity contribution in [2.45, 2.75) is 13.5 Å². The lowest BCUT2D eigenvalue weighted by atomic mass is 10.1. The molecule has 2 aromatic carbocycles. The summed E-state index contributed by atoms with van der Waals surface area (Å²) in [5, 5.41) is 1.07. The molecule has 3 aromatic rings. The van der Waals surface area contributed by atoms with Gasteiger partial charge in [-0.05, 0) is 43.3 Å². The minimum atomic E-state index is -0.195. The number of allylic oxidation sites excluding steroid dienone is 1. The molecule has 0 saturated heterocycles. The first kappa shape index (κ1) is 17.7. The lowest BCUT2D eigenvalue weighted by Gasteiger charge is -2.10. The molecular weight excluding hydrogens is 387 g/mol. The second kappa shape index (κ2) is 7.14. The maximum absolute atomic E-state index is 12.5. The van der Waals surface area contributed by atoms with Gasteiger partial charge in [0.05, 0.1) is 5.56 Å². The van der Waals surface area contributed by atoms with Crippen LogP contribution in [0.3, 0.4) is 0 Å². The number of aryl methyl sites for hydroxylation is 1. The Morgan fingerprint density at radius 2 is 1.85 bits per heavy atom. The summed E-state index contributed by atoms with van der Waals surface area (Å²) in [6.45, 7) is 2.04. The summed E-state index contributed by atoms with van der Waals surface area (Å²) < 4.78 is 16.9. The average Bonchev–Trinajstić information content (AvgIpc) is 3.18. The van der Waals surface area contributed by atoms with Crippen molar-refractivity contribution in [2.24, 2.45) is 0 Å². The molecule has 0 unspecified atom stereocenters. The van der Waals surface area contributed by atoms with E-state index in [1.165, 1.54) is 0 Å². The molecule has 0 spiro atoms. The standard InChI is InChI=1S/C21H14Cl2O4/c1-12-5-6-14(26-12)10-20-21(24)15-8-7-13(9-19(15)27-20)25-11-16-17(22)3-2-4-18(16)23/h2-10H,11H2,1H3. The fourth-order valence-electron chi connectivity index (χ4n) is 2.74. The lowest BCUT2D eigenvalue weighted by molar-refractivity contribution is 0.101. The van der Waals surface area contributed by atoms with E-state index in [1.807, 2.05) is 13.0 Å². The SMILES string of the molecule is Cc1ccc(C=C2Oc3cc(OCc4c(Cl)cccc4Cl)ccc3C2=O)o1. The number of rotatable bonds is 4. The molecule has 1 aromatic heterocycles. The van der Waals surface area contributed by atoms with Crippen LogP contribution in [-0.2, 0) is 6.61 Å². The molecule has 0 saturated carbocycles. The highest BCUT2D eigenvalue weighted by Gasteiger charge is 2.28. The van der Waals surface area contributed by atoms with Gasteiger partial charge < -0.3 is 13.9 Å². The molecular formula is C21H14Cl2O4. The Morgan fingerprint density at radius 1 is 1.07 bits per heavy atom. The molecule has 27 heavy (non-hydrogen) atoms. The molecule has 136 valence electrons. The number of hydrogen-bond acceptors (Lipinski definition) is 4. The van der Waals surface area contributed by atoms with Crippen LogP contribution in [0.5, 0.6) is 11.5 Å². The normalized spacial score (nSPS) is 14.3. The van der Waals surface area contributed by atoms with Crippen molar-refractivity contribution >= 4 is 35.1 Å². The highest BCUT2D eigenvalue weighted by Crippen LogP contribution is 2.35. The van der Waals surface area contributed by atoms with Gasteiger partial charge in [-0.25, -0.2) is 0 Å². The highest BCUT2D eigenvalue weighted by molar-refractivity contribution is 6.35. The third-order valence-corrected chi connectivity index (χ3v) is 4.83. The van der Waals surface area contributed by atoms with Crippen LogP contribution in [0.25, 0.3) is 6.08 Å². The van der Waals surface area contributed by atoms with E-state index in [2.05, 4.69) is 0 Å². The zero-order valence-electron chi connectivity index (χ0n) is 14.3. The summed E-state index contributed by atoms with van der Waals surface area (Å²) >= 11 is 12.3. The number of hydrogen-bond donors (Lipinski definition) is 0. The van der Waals surface area contributed by atoms with Crippen LogP contribution in [-0.4, -0.2) is 5.78 Å². The predicted octanol–water partition coefficient (Wildman–Crippen LogP) is 6.09. The number of fused-ring (bicyclic) bond motifs is 1. The number of carbonyl (C=O) groups is 1. The summed E-state index contributed by atoms with van der Waals surface area (Å²) in [6, 6.07) is 14.0. The molecule has 0 atom stereocenters. The summed E-state index contributed by atoms with van der Waals surface area (Å²) in [7, 11) is 0. The predicted molar refractivity (Wildman–Crippen MR) is 104 cm³/mol. The van der Waals surface area contributed by atoms with Gasteiger partial charge in [-0.3, -0.25) is 4.79 Å². The summed E-state index contributed by atoms with van der Waals surface area (Å²) in [5.41, 5.74) is 1.18. The number of ketones is 1. The van der Waals surface area contributed by atoms with E-state index in [4.69, 9.17) is 37.1 Å². The van der Waals surface area contributed by atoms with Gasteiger partial charge in [0.15, 0.2) is 5.76 Å². The summed E-state index contributed by atoms with van der Waals surface area (Å²) in [6.07, 6.45) is 1.58. The minimum absolute atomic E-state index is 0.195. The van der Waals surface area contributed by atoms with Crippen molar-refractivity contribution in [3.05, 3.63) is 87.0 Å². The number of carbonyl (C=O) groups excluding carboxylic acids is 1. The second-order valence-corrected chi connectivity index (χ2v) is 6.85. The van der Waals surface area contributed by atoms with Gasteiger partial charge in [0.1, 0.15) is 29.6 Å². The molecule has 2 heterocycles. The molecule has 0 fully saturated rings. The van der Waals surface area contributed by atoms with Crippen molar-refractivity contribution in [3.63, 3.8) is 0 Å². The van der Waals surface area contributed by atoms with E-state index in [-0.39, 0.29) is 18.1 Å². The van der Waals surface area contributed by atoms with Crippen molar-refractivity contribution in [1.82, 2.24) is 0 Å². The van der Waals surface area contributed by atoms with E-state index >= 15 is 0 Å². The molecule has 1 aliphatic rings. The molecule has 4 nitrogen and oxygen atoms in total. The molecule has 1 aliphatic heterocycles. The van der Waals surface area contributed by atoms with Crippen LogP contribution in [0.15, 0.2) is 58.7 Å². The fourth-order valence-corrected chi connectivity index (χ4v) is 3.25. The van der Waals surface area contributed by atoms with Gasteiger partial charge in [-0.2, -0.15) is 0 Å². The number of benzene rings is 2. The second-order valence-electron chi connectivity index (χ2n) is 6.04. The lowest BCUT2D eigenvalue weighted by Crippen LogP contribution is -1.98. The molecule has 0 aliphatic carbocycles. The number of halogens is 2. The summed E-state index contributed by atoms with van der Waals surface area (Å²) in [5.74, 6) is 2.34. The largest absolute Gasteiger partial charge is 0.489 e. The maximum atomic E-state index is 12.5. The Kier molecular flexibility index (Phi) is 4.68. The first-order valence-electron chi connectivity index (χ1n) is 8.22. The first-order valence-corrected chi connectivity index (χ1v) is 8.97. The monoisotopic (exact) mass is 400 g/mol. The molecule has 0 radical (unpaired) electrons. The van der Waals surface area contributed by atoms with E-state index in [0.29, 0.717) is 38.4 Å². The third kappa shape index (κ3) is 3.59. The maximum Gasteiger partial charge on any atom is 0.232 e. The zero-order valence-corrected chi connectivity index (χ0v) is 15.8. The zero-order chi connectivity index (χ0) is 19.0. The minimum Gasteiger partial charge on any atom is -0.489 e. The van der Waals surface area contributed by atoms with Crippen LogP contribution >= 0.6 is 23.2 Å². The highest BCUT2D eigenvalue weighted by atomic mass is 35.5. The Balaban J connectivity index is 1.53. The van der Waals surface area contributed by atoms with Gasteiger partial charge in [0.2, 0.25) is 5.78 Å². The van der Waals surface area contributed by atoms with Crippen molar-refractivity contribution in [2.75, 3.05) is 0 Å². The van der Waals surface area contributed by atoms with Gasteiger partial charge in [-0.15, -0.1) is 0 Å². The molecule has 0 N–H and O–H groups in total. The van der Waals surface area contributed by atoms with Gasteiger partial charge >= 0.3 is 0 Å². The third-order valence-electron chi connectivity index (χ3n) is 4.12. The number of ether oxygens (including phenoxy) is 2. The number of furan rings is 1. The van der Waals surface area contributed by atoms with Crippen LogP contribution in [0.1, 0.15) is 27.4 Å². The Bertz CT molecular complexity index is 1050. The topological polar surface area (TPSA) is 48.7 Å². The van der Waals surface area contributed by atoms with Crippen LogP contribution < -0.4 is 9.47 Å². The van der Waals surface area contributed by atoms with E-state index in [9.17, 15) is 4.79 Å². The summed E-state index contributed by atoms with van der Waals surface area (Å²) in [4.78, 5) is 12.5. The van der Waals surface area contributed by atoms with Crippen LogP contribution in [0, 0.1) is 6.92 Å². The van der Waals surface area contributed by atoms with Gasteiger partial charge in [0.25, 0.3) is 0 Å². The van der Waals surface area contributed by atoms with E-state index in [1.54, 1.807) is 48.5 Å². The van der Waals surface area contributed by atoms with E-state index < -0.39 is 0 Å². The quantitative estimate of drug-likeness (QED) is 0.497. The molecule has 4 rings (SSSR count). The number of Topliss-reactive ketones (excluding diaryl/α,β-unsaturated/α-hetero) is 1. The first-order chi connectivity index (χ1) is 13.0. The molecule has 0 bridgehead atoms.